The van der Waals surface area contributed by atoms with E-state index >= 15 is 0 Å². The molecule has 3 aromatic rings. The number of benzene rings is 2. The van der Waals surface area contributed by atoms with Crippen LogP contribution in [0.5, 0.6) is 0 Å². The first-order valence-corrected chi connectivity index (χ1v) is 10.0. The lowest BCUT2D eigenvalue weighted by Crippen LogP contribution is -2.32. The second-order valence-electron chi connectivity index (χ2n) is 6.97. The molecule has 1 amide bonds. The van der Waals surface area contributed by atoms with E-state index < -0.39 is 0 Å². The minimum atomic E-state index is 0.0850. The number of hydrogen-bond acceptors (Lipinski definition) is 2. The zero-order valence-corrected chi connectivity index (χ0v) is 16.4. The predicted molar refractivity (Wildman–Crippen MR) is 111 cm³/mol. The molecule has 4 heteroatoms. The van der Waals surface area contributed by atoms with Gasteiger partial charge in [0.05, 0.1) is 17.6 Å². The number of hydrogen-bond donors (Lipinski definition) is 0. The molecule has 1 heterocycles. The van der Waals surface area contributed by atoms with E-state index in [1.807, 2.05) is 53.4 Å². The van der Waals surface area contributed by atoms with Crippen molar-refractivity contribution in [3.8, 4) is 0 Å². The van der Waals surface area contributed by atoms with Crippen molar-refractivity contribution in [3.05, 3.63) is 66.0 Å². The van der Waals surface area contributed by atoms with Crippen molar-refractivity contribution in [1.29, 1.82) is 0 Å². The number of unbranched alkanes of at least 4 members (excludes halogenated alkanes) is 2. The molecule has 142 valence electrons. The van der Waals surface area contributed by atoms with Crippen LogP contribution in [-0.4, -0.2) is 26.9 Å². The Bertz CT molecular complexity index is 870. The summed E-state index contributed by atoms with van der Waals surface area (Å²) in [6.07, 6.45) is 4.32. The molecule has 0 radical (unpaired) electrons. The van der Waals surface area contributed by atoms with Gasteiger partial charge in [0, 0.05) is 18.7 Å². The van der Waals surface area contributed by atoms with Gasteiger partial charge >= 0.3 is 0 Å². The molecule has 0 atom stereocenters. The van der Waals surface area contributed by atoms with Crippen LogP contribution >= 0.6 is 0 Å². The summed E-state index contributed by atoms with van der Waals surface area (Å²) in [5.74, 6) is 1.06. The zero-order chi connectivity index (χ0) is 19.1. The van der Waals surface area contributed by atoms with E-state index in [-0.39, 0.29) is 5.91 Å². The van der Waals surface area contributed by atoms with E-state index in [9.17, 15) is 4.79 Å². The SMILES string of the molecule is CCCCCN(Cc1nc2ccccc2n1CCC)C(=O)c1ccccc1. The number of fused-ring (bicyclic) bond motifs is 1. The third-order valence-corrected chi connectivity index (χ3v) is 4.85. The van der Waals surface area contributed by atoms with Crippen LogP contribution in [0.15, 0.2) is 54.6 Å². The molecule has 0 saturated heterocycles. The van der Waals surface area contributed by atoms with Crippen LogP contribution in [0, 0.1) is 0 Å². The Morgan fingerprint density at radius 1 is 0.963 bits per heavy atom. The van der Waals surface area contributed by atoms with Gasteiger partial charge in [0.25, 0.3) is 5.91 Å². The summed E-state index contributed by atoms with van der Waals surface area (Å²) in [5.41, 5.74) is 2.89. The molecule has 0 fully saturated rings. The number of carbonyl (C=O) groups is 1. The summed E-state index contributed by atoms with van der Waals surface area (Å²) in [7, 11) is 0. The van der Waals surface area contributed by atoms with Crippen molar-refractivity contribution in [2.24, 2.45) is 0 Å². The zero-order valence-electron chi connectivity index (χ0n) is 16.4. The average Bonchev–Trinajstić information content (AvgIpc) is 3.05. The maximum Gasteiger partial charge on any atom is 0.254 e. The predicted octanol–water partition coefficient (Wildman–Crippen LogP) is 5.28. The highest BCUT2D eigenvalue weighted by atomic mass is 16.2. The Hall–Kier alpha value is -2.62. The lowest BCUT2D eigenvalue weighted by atomic mass is 10.1. The minimum absolute atomic E-state index is 0.0850. The summed E-state index contributed by atoms with van der Waals surface area (Å²) in [5, 5.41) is 0. The first-order chi connectivity index (χ1) is 13.2. The molecule has 3 rings (SSSR count). The van der Waals surface area contributed by atoms with E-state index in [0.717, 1.165) is 61.2 Å². The fourth-order valence-electron chi connectivity index (χ4n) is 3.46. The molecule has 0 aliphatic heterocycles. The van der Waals surface area contributed by atoms with Crippen molar-refractivity contribution in [2.45, 2.75) is 52.6 Å². The molecule has 0 spiro atoms. The molecule has 0 aliphatic carbocycles. The topological polar surface area (TPSA) is 38.1 Å². The van der Waals surface area contributed by atoms with Crippen LogP contribution in [0.25, 0.3) is 11.0 Å². The maximum absolute atomic E-state index is 13.1. The van der Waals surface area contributed by atoms with Gasteiger partial charge in [-0.3, -0.25) is 4.79 Å². The van der Waals surface area contributed by atoms with Gasteiger partial charge in [0.1, 0.15) is 5.82 Å². The van der Waals surface area contributed by atoms with E-state index in [1.54, 1.807) is 0 Å². The molecule has 27 heavy (non-hydrogen) atoms. The smallest absolute Gasteiger partial charge is 0.254 e. The lowest BCUT2D eigenvalue weighted by molar-refractivity contribution is 0.0734. The fraction of sp³-hybridized carbons (Fsp3) is 0.391. The third-order valence-electron chi connectivity index (χ3n) is 4.85. The number of amides is 1. The number of aromatic nitrogens is 2. The van der Waals surface area contributed by atoms with Crippen molar-refractivity contribution in [3.63, 3.8) is 0 Å². The van der Waals surface area contributed by atoms with Crippen molar-refractivity contribution < 1.29 is 4.79 Å². The third kappa shape index (κ3) is 4.57. The van der Waals surface area contributed by atoms with Crippen LogP contribution in [0.4, 0.5) is 0 Å². The fourth-order valence-corrected chi connectivity index (χ4v) is 3.46. The molecule has 0 saturated carbocycles. The number of rotatable bonds is 9. The van der Waals surface area contributed by atoms with Gasteiger partial charge in [0.2, 0.25) is 0 Å². The van der Waals surface area contributed by atoms with Crippen molar-refractivity contribution >= 4 is 16.9 Å². The average molecular weight is 364 g/mol. The number of imidazole rings is 1. The maximum atomic E-state index is 13.1. The highest BCUT2D eigenvalue weighted by Crippen LogP contribution is 2.19. The summed E-state index contributed by atoms with van der Waals surface area (Å²) >= 11 is 0. The molecule has 2 aromatic carbocycles. The summed E-state index contributed by atoms with van der Waals surface area (Å²) < 4.78 is 2.26. The largest absolute Gasteiger partial charge is 0.331 e. The van der Waals surface area contributed by atoms with Gasteiger partial charge in [-0.2, -0.15) is 0 Å². The van der Waals surface area contributed by atoms with E-state index in [4.69, 9.17) is 4.98 Å². The summed E-state index contributed by atoms with van der Waals surface area (Å²) in [6, 6.07) is 17.8. The van der Waals surface area contributed by atoms with Gasteiger partial charge in [-0.25, -0.2) is 4.98 Å². The Balaban J connectivity index is 1.90. The van der Waals surface area contributed by atoms with Crippen molar-refractivity contribution in [2.75, 3.05) is 6.54 Å². The Morgan fingerprint density at radius 2 is 1.70 bits per heavy atom. The van der Waals surface area contributed by atoms with E-state index in [0.29, 0.717) is 6.54 Å². The molecular formula is C23H29N3O. The molecule has 0 N–H and O–H groups in total. The van der Waals surface area contributed by atoms with Crippen molar-refractivity contribution in [1.82, 2.24) is 14.5 Å². The monoisotopic (exact) mass is 363 g/mol. The summed E-state index contributed by atoms with van der Waals surface area (Å²) in [6.45, 7) is 6.58. The Labute approximate surface area is 161 Å². The molecule has 4 nitrogen and oxygen atoms in total. The number of para-hydroxylation sites is 2. The van der Waals surface area contributed by atoms with Gasteiger partial charge in [-0.1, -0.05) is 57.0 Å². The van der Waals surface area contributed by atoms with E-state index in [2.05, 4.69) is 24.5 Å². The van der Waals surface area contributed by atoms with Gasteiger partial charge in [0.15, 0.2) is 0 Å². The van der Waals surface area contributed by atoms with Gasteiger partial charge in [-0.05, 0) is 37.1 Å². The molecule has 0 aliphatic rings. The van der Waals surface area contributed by atoms with Crippen LogP contribution in [0.2, 0.25) is 0 Å². The van der Waals surface area contributed by atoms with Crippen LogP contribution < -0.4 is 0 Å². The number of nitrogens with zero attached hydrogens (tertiary/aromatic N) is 3. The summed E-state index contributed by atoms with van der Waals surface area (Å²) in [4.78, 5) is 19.9. The van der Waals surface area contributed by atoms with Gasteiger partial charge in [-0.15, -0.1) is 0 Å². The Kier molecular flexibility index (Phi) is 6.64. The number of aryl methyl sites for hydroxylation is 1. The first-order valence-electron chi connectivity index (χ1n) is 10.0. The quantitative estimate of drug-likeness (QED) is 0.485. The highest BCUT2D eigenvalue weighted by molar-refractivity contribution is 5.94. The lowest BCUT2D eigenvalue weighted by Gasteiger charge is -2.23. The van der Waals surface area contributed by atoms with Crippen LogP contribution in [-0.2, 0) is 13.1 Å². The highest BCUT2D eigenvalue weighted by Gasteiger charge is 2.19. The first kappa shape index (κ1) is 19.2. The second kappa shape index (κ2) is 9.36. The normalized spacial score (nSPS) is 11.0. The van der Waals surface area contributed by atoms with Crippen LogP contribution in [0.1, 0.15) is 55.7 Å². The van der Waals surface area contributed by atoms with Gasteiger partial charge < -0.3 is 9.47 Å². The molecular weight excluding hydrogens is 334 g/mol. The number of carbonyl (C=O) groups excluding carboxylic acids is 1. The Morgan fingerprint density at radius 3 is 2.44 bits per heavy atom. The minimum Gasteiger partial charge on any atom is -0.331 e. The molecule has 0 bridgehead atoms. The van der Waals surface area contributed by atoms with E-state index in [1.165, 1.54) is 0 Å². The standard InChI is InChI=1S/C23H29N3O/c1-3-5-11-17-25(23(27)19-12-7-6-8-13-19)18-22-24-20-14-9-10-15-21(20)26(22)16-4-2/h6-10,12-15H,3-5,11,16-18H2,1-2H3. The van der Waals surface area contributed by atoms with Crippen LogP contribution in [0.3, 0.4) is 0 Å². The molecule has 1 aromatic heterocycles. The second-order valence-corrected chi connectivity index (χ2v) is 6.97. The molecule has 0 unspecified atom stereocenters.